The SMILES string of the molecule is Cc1sc2ncn(CC(=O)O[C@@H](C)C(=O)NC(=O)NC(C)C)c(=O)c2c1C. The van der Waals surface area contributed by atoms with Gasteiger partial charge < -0.3 is 10.1 Å². The van der Waals surface area contributed by atoms with E-state index in [1.54, 1.807) is 13.8 Å². The number of aryl methyl sites for hydroxylation is 2. The quantitative estimate of drug-likeness (QED) is 0.737. The maximum Gasteiger partial charge on any atom is 0.326 e. The van der Waals surface area contributed by atoms with E-state index >= 15 is 0 Å². The van der Waals surface area contributed by atoms with Crippen LogP contribution in [-0.4, -0.2) is 39.6 Å². The summed E-state index contributed by atoms with van der Waals surface area (Å²) in [6, 6.07) is -0.818. The molecule has 2 aromatic rings. The Balaban J connectivity index is 2.03. The zero-order chi connectivity index (χ0) is 20.3. The van der Waals surface area contributed by atoms with Crippen LogP contribution in [0.3, 0.4) is 0 Å². The van der Waals surface area contributed by atoms with Crippen LogP contribution in [-0.2, 0) is 20.9 Å². The van der Waals surface area contributed by atoms with Crippen molar-refractivity contribution in [3.63, 3.8) is 0 Å². The van der Waals surface area contributed by atoms with Gasteiger partial charge in [0.25, 0.3) is 11.5 Å². The number of carbonyl (C=O) groups excluding carboxylic acids is 3. The number of amides is 3. The van der Waals surface area contributed by atoms with Crippen LogP contribution in [0.2, 0.25) is 0 Å². The van der Waals surface area contributed by atoms with Crippen molar-refractivity contribution in [2.75, 3.05) is 0 Å². The summed E-state index contributed by atoms with van der Waals surface area (Å²) in [5.74, 6) is -1.54. The molecular weight excluding hydrogens is 372 g/mol. The highest BCUT2D eigenvalue weighted by molar-refractivity contribution is 7.18. The zero-order valence-electron chi connectivity index (χ0n) is 15.8. The van der Waals surface area contributed by atoms with Crippen LogP contribution in [0.1, 0.15) is 31.2 Å². The van der Waals surface area contributed by atoms with Gasteiger partial charge >= 0.3 is 12.0 Å². The molecule has 146 valence electrons. The van der Waals surface area contributed by atoms with E-state index in [0.717, 1.165) is 15.0 Å². The van der Waals surface area contributed by atoms with Gasteiger partial charge in [-0.1, -0.05) is 0 Å². The molecule has 2 N–H and O–H groups in total. The summed E-state index contributed by atoms with van der Waals surface area (Å²) < 4.78 is 6.15. The first-order valence-electron chi connectivity index (χ1n) is 8.36. The van der Waals surface area contributed by atoms with Gasteiger partial charge in [0, 0.05) is 10.9 Å². The average molecular weight is 394 g/mol. The number of urea groups is 1. The second-order valence-corrected chi connectivity index (χ2v) is 7.59. The third kappa shape index (κ3) is 4.91. The van der Waals surface area contributed by atoms with Gasteiger partial charge in [-0.15, -0.1) is 11.3 Å². The molecule has 27 heavy (non-hydrogen) atoms. The van der Waals surface area contributed by atoms with Crippen LogP contribution < -0.4 is 16.2 Å². The molecule has 2 rings (SSSR count). The fourth-order valence-electron chi connectivity index (χ4n) is 2.32. The van der Waals surface area contributed by atoms with Gasteiger partial charge in [-0.2, -0.15) is 0 Å². The minimum absolute atomic E-state index is 0.144. The number of hydrogen-bond donors (Lipinski definition) is 2. The second-order valence-electron chi connectivity index (χ2n) is 6.39. The van der Waals surface area contributed by atoms with Crippen molar-refractivity contribution >= 4 is 39.5 Å². The van der Waals surface area contributed by atoms with Gasteiger partial charge in [-0.3, -0.25) is 24.3 Å². The molecule has 0 aliphatic carbocycles. The topological polar surface area (TPSA) is 119 Å². The normalized spacial score (nSPS) is 12.1. The van der Waals surface area contributed by atoms with Gasteiger partial charge in [-0.05, 0) is 40.2 Å². The molecule has 3 amide bonds. The van der Waals surface area contributed by atoms with Gasteiger partial charge in [0.1, 0.15) is 11.4 Å². The first kappa shape index (κ1) is 20.6. The van der Waals surface area contributed by atoms with E-state index < -0.39 is 24.0 Å². The molecule has 0 aromatic carbocycles. The van der Waals surface area contributed by atoms with E-state index in [1.807, 2.05) is 13.8 Å². The highest BCUT2D eigenvalue weighted by atomic mass is 32.1. The number of fused-ring (bicyclic) bond motifs is 1. The third-order valence-corrected chi connectivity index (χ3v) is 4.90. The Morgan fingerprint density at radius 2 is 1.93 bits per heavy atom. The molecule has 0 saturated carbocycles. The molecule has 10 heteroatoms. The van der Waals surface area contributed by atoms with Gasteiger partial charge in [-0.25, -0.2) is 9.78 Å². The van der Waals surface area contributed by atoms with Crippen LogP contribution in [0.25, 0.3) is 10.2 Å². The van der Waals surface area contributed by atoms with Crippen molar-refractivity contribution in [3.8, 4) is 0 Å². The Kier molecular flexibility index (Phi) is 6.32. The number of esters is 1. The van der Waals surface area contributed by atoms with Crippen molar-refractivity contribution in [2.45, 2.75) is 53.3 Å². The Labute approximate surface area is 159 Å². The molecule has 0 aliphatic rings. The number of nitrogens with zero attached hydrogens (tertiary/aromatic N) is 2. The number of rotatable bonds is 5. The Hall–Kier alpha value is -2.75. The molecule has 0 unspecified atom stereocenters. The smallest absolute Gasteiger partial charge is 0.326 e. The van der Waals surface area contributed by atoms with Crippen LogP contribution in [0.15, 0.2) is 11.1 Å². The van der Waals surface area contributed by atoms with E-state index in [-0.39, 0.29) is 18.1 Å². The summed E-state index contributed by atoms with van der Waals surface area (Å²) in [5.41, 5.74) is 0.492. The Bertz CT molecular complexity index is 947. The van der Waals surface area contributed by atoms with E-state index in [4.69, 9.17) is 4.74 Å². The summed E-state index contributed by atoms with van der Waals surface area (Å²) in [7, 11) is 0. The summed E-state index contributed by atoms with van der Waals surface area (Å²) in [4.78, 5) is 53.8. The molecule has 2 aromatic heterocycles. The lowest BCUT2D eigenvalue weighted by atomic mass is 10.2. The van der Waals surface area contributed by atoms with Crippen LogP contribution in [0, 0.1) is 13.8 Å². The molecule has 2 heterocycles. The van der Waals surface area contributed by atoms with Crippen molar-refractivity contribution in [2.24, 2.45) is 0 Å². The highest BCUT2D eigenvalue weighted by Gasteiger charge is 2.21. The molecule has 0 fully saturated rings. The predicted octanol–water partition coefficient (Wildman–Crippen LogP) is 1.24. The molecule has 1 atom stereocenters. The number of nitrogens with one attached hydrogen (secondary N) is 2. The summed E-state index contributed by atoms with van der Waals surface area (Å²) >= 11 is 1.41. The van der Waals surface area contributed by atoms with E-state index in [0.29, 0.717) is 10.2 Å². The summed E-state index contributed by atoms with van der Waals surface area (Å²) in [5, 5.41) is 5.05. The monoisotopic (exact) mass is 394 g/mol. The fraction of sp³-hybridized carbons (Fsp3) is 0.471. The minimum atomic E-state index is -1.19. The molecule has 0 aliphatic heterocycles. The van der Waals surface area contributed by atoms with Crippen LogP contribution >= 0.6 is 11.3 Å². The Morgan fingerprint density at radius 1 is 1.26 bits per heavy atom. The van der Waals surface area contributed by atoms with Crippen molar-refractivity contribution < 1.29 is 19.1 Å². The fourth-order valence-corrected chi connectivity index (χ4v) is 3.31. The zero-order valence-corrected chi connectivity index (χ0v) is 16.6. The van der Waals surface area contributed by atoms with Crippen LogP contribution in [0.4, 0.5) is 4.79 Å². The second kappa shape index (κ2) is 8.30. The molecule has 0 spiro atoms. The predicted molar refractivity (Wildman–Crippen MR) is 101 cm³/mol. The standard InChI is InChI=1S/C17H22N4O5S/c1-8(2)19-17(25)20-14(23)10(4)26-12(22)6-21-7-18-15-13(16(21)24)9(3)11(5)27-15/h7-8,10H,6H2,1-5H3,(H2,19,20,23,25)/t10-/m0/s1. The number of ether oxygens (including phenoxy) is 1. The molecule has 0 bridgehead atoms. The van der Waals surface area contributed by atoms with Crippen molar-refractivity contribution in [1.29, 1.82) is 0 Å². The highest BCUT2D eigenvalue weighted by Crippen LogP contribution is 2.25. The Morgan fingerprint density at radius 3 is 2.56 bits per heavy atom. The van der Waals surface area contributed by atoms with Gasteiger partial charge in [0.15, 0.2) is 6.10 Å². The summed E-state index contributed by atoms with van der Waals surface area (Å²) in [6.45, 7) is 8.17. The number of hydrogen-bond acceptors (Lipinski definition) is 7. The lowest BCUT2D eigenvalue weighted by molar-refractivity contribution is -0.155. The number of carbonyl (C=O) groups is 3. The molecule has 9 nitrogen and oxygen atoms in total. The average Bonchev–Trinajstić information content (AvgIpc) is 2.84. The van der Waals surface area contributed by atoms with Gasteiger partial charge in [0.2, 0.25) is 0 Å². The molecular formula is C17H22N4O5S. The maximum atomic E-state index is 12.6. The maximum absolute atomic E-state index is 12.6. The van der Waals surface area contributed by atoms with E-state index in [1.165, 1.54) is 24.6 Å². The van der Waals surface area contributed by atoms with Crippen molar-refractivity contribution in [3.05, 3.63) is 27.1 Å². The lowest BCUT2D eigenvalue weighted by Gasteiger charge is -2.14. The minimum Gasteiger partial charge on any atom is -0.451 e. The van der Waals surface area contributed by atoms with Gasteiger partial charge in [0.05, 0.1) is 11.7 Å². The van der Waals surface area contributed by atoms with Crippen LogP contribution in [0.5, 0.6) is 0 Å². The molecule has 0 saturated heterocycles. The molecule has 0 radical (unpaired) electrons. The van der Waals surface area contributed by atoms with Crippen molar-refractivity contribution in [1.82, 2.24) is 20.2 Å². The van der Waals surface area contributed by atoms with E-state index in [2.05, 4.69) is 15.6 Å². The number of thiophene rings is 1. The number of imide groups is 1. The van der Waals surface area contributed by atoms with E-state index in [9.17, 15) is 19.2 Å². The summed E-state index contributed by atoms with van der Waals surface area (Å²) in [6.07, 6.45) is 0.0928. The first-order chi connectivity index (χ1) is 12.6. The largest absolute Gasteiger partial charge is 0.451 e. The third-order valence-electron chi connectivity index (χ3n) is 3.79. The first-order valence-corrected chi connectivity index (χ1v) is 9.17. The number of aromatic nitrogens is 2. The lowest BCUT2D eigenvalue weighted by Crippen LogP contribution is -2.46.